The molecule has 4 saturated heterocycles. The molecule has 11 heteroatoms. The topological polar surface area (TPSA) is 158 Å². The number of hydrogen-bond acceptors (Lipinski definition) is 11. The van der Waals surface area contributed by atoms with Gasteiger partial charge in [-0.25, -0.2) is 0 Å². The molecule has 0 bridgehead atoms. The van der Waals surface area contributed by atoms with Crippen LogP contribution >= 0.6 is 0 Å². The molecule has 8 aliphatic carbocycles. The molecule has 3 N–H and O–H groups in total. The summed E-state index contributed by atoms with van der Waals surface area (Å²) in [4.78, 5) is 40.7. The number of aliphatic hydroxyl groups excluding tert-OH is 1. The maximum absolute atomic E-state index is 14.9. The third kappa shape index (κ3) is 5.09. The summed E-state index contributed by atoms with van der Waals surface area (Å²) in [7, 11) is 0. The maximum atomic E-state index is 14.9. The lowest BCUT2D eigenvalue weighted by Crippen LogP contribution is -2.66. The molecule has 2 spiro atoms. The Bertz CT molecular complexity index is 2340. The van der Waals surface area contributed by atoms with E-state index in [1.807, 2.05) is 19.9 Å². The predicted octanol–water partition coefficient (Wildman–Crippen LogP) is 6.82. The zero-order chi connectivity index (χ0) is 45.6. The Hall–Kier alpha value is -2.12. The quantitative estimate of drug-likeness (QED) is 0.235. The smallest absolute Gasteiger partial charge is 0.174 e. The van der Waals surface area contributed by atoms with Gasteiger partial charge in [0, 0.05) is 60.2 Å². The van der Waals surface area contributed by atoms with Crippen molar-refractivity contribution in [2.75, 3.05) is 6.61 Å². The number of carbonyl (C=O) groups excluding carboxylic acids is 2. The second-order valence-electron chi connectivity index (χ2n) is 26.4. The number of rotatable bonds is 0. The average molecular weight is 895 g/mol. The molecule has 5 saturated carbocycles. The fourth-order valence-electron chi connectivity index (χ4n) is 19.3. The van der Waals surface area contributed by atoms with Crippen LogP contribution in [0.2, 0.25) is 0 Å². The van der Waals surface area contributed by atoms with E-state index in [0.717, 1.165) is 73.3 Å². The second kappa shape index (κ2) is 12.8. The number of nitrogens with zero attached hydrogens (tertiary/aromatic N) is 2. The summed E-state index contributed by atoms with van der Waals surface area (Å²) in [6, 6.07) is 0. The Kier molecular flexibility index (Phi) is 8.45. The maximum Gasteiger partial charge on any atom is 0.174 e. The Labute approximate surface area is 385 Å². The van der Waals surface area contributed by atoms with E-state index >= 15 is 0 Å². The molecule has 11 nitrogen and oxygen atoms in total. The second-order valence-corrected chi connectivity index (χ2v) is 26.4. The van der Waals surface area contributed by atoms with E-state index in [0.29, 0.717) is 74.4 Å². The molecule has 4 aliphatic heterocycles. The summed E-state index contributed by atoms with van der Waals surface area (Å²) in [6.07, 6.45) is 11.1. The number of hydrogen-bond donors (Lipinski definition) is 3. The van der Waals surface area contributed by atoms with Crippen molar-refractivity contribution >= 4 is 11.6 Å². The van der Waals surface area contributed by atoms with E-state index in [1.54, 1.807) is 6.92 Å². The molecule has 21 atom stereocenters. The Morgan fingerprint density at radius 2 is 1.40 bits per heavy atom. The molecule has 0 aromatic carbocycles. The van der Waals surface area contributed by atoms with Crippen molar-refractivity contribution < 1.29 is 43.9 Å². The van der Waals surface area contributed by atoms with Gasteiger partial charge in [0.1, 0.15) is 23.3 Å². The first-order chi connectivity index (χ1) is 30.4. The van der Waals surface area contributed by atoms with Gasteiger partial charge in [0.25, 0.3) is 0 Å². The standard InChI is InChI=1S/C54H74N2O9/c1-26-45-40(63-52(26)14-12-46(3,4)65-52)19-32-30-11-10-28-16-35-37(23-48(28,6)31(30)20-41(58)50(32,45)8)56-36-17-29-18-39(57)44-33(49(29,7)24-38(36)55-35)21-42(59)51(9)34(44)22-43-54(51,61)27(2)53(64-43)15-13-47(5,60)25-62-53/h22,26-33,40,42-45,59-61H,10-21,23-25H2,1-9H3/t26-,27+,28?,29?,30?,31?,32?,33?,40?,42+,43?,44?,45?,47-,48-,49-,50+,51+,52?,53+,54?/m0/s1. The molecule has 65 heavy (non-hydrogen) atoms. The molecule has 13 rings (SSSR count). The van der Waals surface area contributed by atoms with Crippen LogP contribution in [0.1, 0.15) is 149 Å². The molecular weight excluding hydrogens is 821 g/mol. The largest absolute Gasteiger partial charge is 0.392 e. The number of aromatic nitrogens is 2. The lowest BCUT2D eigenvalue weighted by Gasteiger charge is -2.61. The lowest BCUT2D eigenvalue weighted by molar-refractivity contribution is -0.289. The normalized spacial score (nSPS) is 57.6. The number of carbonyl (C=O) groups is 2. The van der Waals surface area contributed by atoms with Crippen LogP contribution in [0.3, 0.4) is 0 Å². The monoisotopic (exact) mass is 895 g/mol. The molecular formula is C54H74N2O9. The van der Waals surface area contributed by atoms with Gasteiger partial charge in [0.2, 0.25) is 0 Å². The first-order valence-electron chi connectivity index (χ1n) is 25.9. The summed E-state index contributed by atoms with van der Waals surface area (Å²) < 4.78 is 26.7. The van der Waals surface area contributed by atoms with Crippen LogP contribution in [0.5, 0.6) is 0 Å². The fraction of sp³-hybridized carbons (Fsp3) is 0.852. The third-order valence-corrected chi connectivity index (χ3v) is 23.2. The zero-order valence-corrected chi connectivity index (χ0v) is 40.4. The summed E-state index contributed by atoms with van der Waals surface area (Å²) in [5, 5.41) is 36.0. The fourth-order valence-corrected chi connectivity index (χ4v) is 19.3. The van der Waals surface area contributed by atoms with Crippen LogP contribution in [-0.4, -0.2) is 90.2 Å². The highest BCUT2D eigenvalue weighted by Crippen LogP contribution is 2.72. The van der Waals surface area contributed by atoms with Crippen LogP contribution in [0, 0.1) is 80.8 Å². The Morgan fingerprint density at radius 3 is 2.06 bits per heavy atom. The molecule has 1 aromatic rings. The van der Waals surface area contributed by atoms with Gasteiger partial charge >= 0.3 is 0 Å². The van der Waals surface area contributed by atoms with Gasteiger partial charge in [-0.3, -0.25) is 19.6 Å². The molecule has 354 valence electrons. The molecule has 12 aliphatic rings. The van der Waals surface area contributed by atoms with Gasteiger partial charge in [0.05, 0.1) is 52.8 Å². The van der Waals surface area contributed by atoms with E-state index in [4.69, 9.17) is 28.9 Å². The minimum atomic E-state index is -1.47. The van der Waals surface area contributed by atoms with Gasteiger partial charge in [-0.2, -0.15) is 0 Å². The van der Waals surface area contributed by atoms with E-state index < -0.39 is 52.2 Å². The zero-order valence-electron chi connectivity index (χ0n) is 40.4. The first kappa shape index (κ1) is 42.9. The van der Waals surface area contributed by atoms with Gasteiger partial charge in [-0.1, -0.05) is 47.6 Å². The Balaban J connectivity index is 0.769. The molecule has 9 fully saturated rings. The van der Waals surface area contributed by atoms with Crippen LogP contribution in [0.4, 0.5) is 0 Å². The molecule has 0 amide bonds. The van der Waals surface area contributed by atoms with Gasteiger partial charge in [-0.05, 0) is 137 Å². The predicted molar refractivity (Wildman–Crippen MR) is 238 cm³/mol. The van der Waals surface area contributed by atoms with E-state index in [2.05, 4.69) is 41.5 Å². The van der Waals surface area contributed by atoms with Gasteiger partial charge in [-0.15, -0.1) is 0 Å². The number of ketones is 2. The van der Waals surface area contributed by atoms with Crippen molar-refractivity contribution in [2.45, 2.75) is 199 Å². The van der Waals surface area contributed by atoms with E-state index in [1.165, 1.54) is 0 Å². The first-order valence-corrected chi connectivity index (χ1v) is 25.9. The number of ether oxygens (including phenoxy) is 4. The highest BCUT2D eigenvalue weighted by Gasteiger charge is 2.78. The summed E-state index contributed by atoms with van der Waals surface area (Å²) in [5.41, 5.74) is 0.721. The highest BCUT2D eigenvalue weighted by molar-refractivity contribution is 5.88. The highest BCUT2D eigenvalue weighted by atomic mass is 16.7. The average Bonchev–Trinajstić information content (AvgIpc) is 3.94. The summed E-state index contributed by atoms with van der Waals surface area (Å²) in [6.45, 7) is 19.5. The lowest BCUT2D eigenvalue weighted by atomic mass is 9.44. The third-order valence-electron chi connectivity index (χ3n) is 23.2. The van der Waals surface area contributed by atoms with Gasteiger partial charge in [0.15, 0.2) is 11.6 Å². The molecule has 0 radical (unpaired) electrons. The molecule has 12 unspecified atom stereocenters. The summed E-state index contributed by atoms with van der Waals surface area (Å²) in [5.74, 6) is 0.0245. The SMILES string of the molecule is C[C@H]1C2C(CC3C4CCC5Cc6nc7c(nc6C[C@]5(C)C4CC(=O)[C@@]32C)CC2CC(=O)C3C4=CC5O[C@]6(CC[C@](C)(O)CO6)[C@@H](C)C5(O)[C@@]4(C)[C@H](O)CC3[C@@]2(C)C7)OC12CCC(C)(C)O2. The van der Waals surface area contributed by atoms with Crippen LogP contribution in [-0.2, 0) is 54.2 Å². The van der Waals surface area contributed by atoms with E-state index in [-0.39, 0.29) is 64.0 Å². The van der Waals surface area contributed by atoms with Crippen molar-refractivity contribution in [1.29, 1.82) is 0 Å². The van der Waals surface area contributed by atoms with Crippen molar-refractivity contribution in [3.8, 4) is 0 Å². The molecule has 5 heterocycles. The van der Waals surface area contributed by atoms with Crippen molar-refractivity contribution in [2.24, 2.45) is 80.8 Å². The molecule has 1 aromatic heterocycles. The van der Waals surface area contributed by atoms with Crippen molar-refractivity contribution in [3.05, 3.63) is 34.4 Å². The van der Waals surface area contributed by atoms with Crippen LogP contribution in [0.15, 0.2) is 11.6 Å². The van der Waals surface area contributed by atoms with Crippen molar-refractivity contribution in [3.63, 3.8) is 0 Å². The van der Waals surface area contributed by atoms with Gasteiger partial charge < -0.3 is 34.3 Å². The van der Waals surface area contributed by atoms with Crippen LogP contribution in [0.25, 0.3) is 0 Å². The van der Waals surface area contributed by atoms with Crippen LogP contribution < -0.4 is 0 Å². The minimum Gasteiger partial charge on any atom is -0.392 e. The summed E-state index contributed by atoms with van der Waals surface area (Å²) >= 11 is 0. The Morgan fingerprint density at radius 1 is 0.723 bits per heavy atom. The number of fused-ring (bicyclic) bond motifs is 16. The minimum absolute atomic E-state index is 0.0390. The number of Topliss-reactive ketones (excluding diaryl/α,β-unsaturated/α-hetero) is 2. The van der Waals surface area contributed by atoms with E-state index in [9.17, 15) is 24.9 Å². The van der Waals surface area contributed by atoms with Crippen molar-refractivity contribution in [1.82, 2.24) is 9.97 Å². The number of aliphatic hydroxyl groups is 3.